The van der Waals surface area contributed by atoms with Gasteiger partial charge in [0, 0.05) is 25.7 Å². The third-order valence-corrected chi connectivity index (χ3v) is 4.65. The smallest absolute Gasteiger partial charge is 0.0361 e. The summed E-state index contributed by atoms with van der Waals surface area (Å²) >= 11 is 0. The van der Waals surface area contributed by atoms with E-state index in [1.807, 2.05) is 0 Å². The van der Waals surface area contributed by atoms with Crippen molar-refractivity contribution < 1.29 is 0 Å². The highest BCUT2D eigenvalue weighted by molar-refractivity contribution is 5.51. The Hall–Kier alpha value is -2.54. The van der Waals surface area contributed by atoms with Crippen LogP contribution in [0.15, 0.2) is 72.8 Å². The summed E-state index contributed by atoms with van der Waals surface area (Å²) in [6, 6.07) is 26.5. The number of anilines is 1. The van der Waals surface area contributed by atoms with Crippen LogP contribution >= 0.6 is 0 Å². The zero-order valence-corrected chi connectivity index (χ0v) is 15.0. The van der Waals surface area contributed by atoms with E-state index in [1.54, 1.807) is 0 Å². The Morgan fingerprint density at radius 1 is 0.667 bits per heavy atom. The van der Waals surface area contributed by atoms with Gasteiger partial charge in [0.15, 0.2) is 0 Å². The van der Waals surface area contributed by atoms with Gasteiger partial charge in [-0.05, 0) is 48.2 Å². The van der Waals surface area contributed by atoms with Crippen LogP contribution < -0.4 is 4.90 Å². The summed E-state index contributed by atoms with van der Waals surface area (Å²) in [5.41, 5.74) is 7.90. The van der Waals surface area contributed by atoms with Crippen LogP contribution in [0.3, 0.4) is 0 Å². The van der Waals surface area contributed by atoms with Crippen molar-refractivity contribution in [1.82, 2.24) is 0 Å². The first kappa shape index (κ1) is 16.3. The number of aryl methyl sites for hydroxylation is 2. The highest BCUT2D eigenvalue weighted by atomic mass is 15.1. The Balaban J connectivity index is 2.11. The fraction of sp³-hybridized carbons (Fsp3) is 0.217. The van der Waals surface area contributed by atoms with E-state index in [4.69, 9.17) is 0 Å². The van der Waals surface area contributed by atoms with Crippen molar-refractivity contribution in [3.8, 4) is 0 Å². The minimum absolute atomic E-state index is 0.267. The van der Waals surface area contributed by atoms with Gasteiger partial charge in [0.1, 0.15) is 0 Å². The van der Waals surface area contributed by atoms with E-state index < -0.39 is 0 Å². The Morgan fingerprint density at radius 2 is 1.21 bits per heavy atom. The molecular formula is C23H25N. The van der Waals surface area contributed by atoms with Crippen LogP contribution in [0.4, 0.5) is 5.69 Å². The Morgan fingerprint density at radius 3 is 1.75 bits per heavy atom. The molecule has 0 N–H and O–H groups in total. The predicted octanol–water partition coefficient (Wildman–Crippen LogP) is 5.55. The van der Waals surface area contributed by atoms with Crippen molar-refractivity contribution in [2.75, 3.05) is 19.0 Å². The molecule has 0 saturated carbocycles. The van der Waals surface area contributed by atoms with E-state index in [2.05, 4.69) is 106 Å². The second-order valence-corrected chi connectivity index (χ2v) is 6.69. The molecule has 0 heterocycles. The molecule has 0 aliphatic heterocycles. The lowest BCUT2D eigenvalue weighted by Gasteiger charge is -2.22. The maximum atomic E-state index is 2.26. The molecule has 0 fully saturated rings. The van der Waals surface area contributed by atoms with Crippen molar-refractivity contribution >= 4 is 5.69 Å². The van der Waals surface area contributed by atoms with Gasteiger partial charge < -0.3 is 4.90 Å². The molecule has 1 unspecified atom stereocenters. The molecule has 1 nitrogen and oxygen atoms in total. The van der Waals surface area contributed by atoms with Crippen molar-refractivity contribution in [1.29, 1.82) is 0 Å². The molecule has 0 saturated heterocycles. The number of nitrogens with zero attached hydrogens (tertiary/aromatic N) is 1. The molecule has 0 spiro atoms. The van der Waals surface area contributed by atoms with Crippen LogP contribution in [0, 0.1) is 13.8 Å². The highest BCUT2D eigenvalue weighted by Gasteiger charge is 2.18. The van der Waals surface area contributed by atoms with Crippen LogP contribution in [0.5, 0.6) is 0 Å². The van der Waals surface area contributed by atoms with Crippen LogP contribution in [0.25, 0.3) is 0 Å². The number of benzene rings is 3. The first-order valence-corrected chi connectivity index (χ1v) is 8.45. The summed E-state index contributed by atoms with van der Waals surface area (Å²) in [6.07, 6.45) is 0. The molecule has 0 radical (unpaired) electrons. The zero-order chi connectivity index (χ0) is 17.1. The molecule has 3 aromatic carbocycles. The molecule has 3 rings (SSSR count). The van der Waals surface area contributed by atoms with Crippen molar-refractivity contribution in [2.45, 2.75) is 19.8 Å². The van der Waals surface area contributed by atoms with Gasteiger partial charge in [-0.3, -0.25) is 0 Å². The minimum Gasteiger partial charge on any atom is -0.378 e. The number of hydrogen-bond donors (Lipinski definition) is 0. The fourth-order valence-corrected chi connectivity index (χ4v) is 3.19. The van der Waals surface area contributed by atoms with Gasteiger partial charge in [0.25, 0.3) is 0 Å². The van der Waals surface area contributed by atoms with Gasteiger partial charge in [0.05, 0.1) is 0 Å². The quantitative estimate of drug-likeness (QED) is 0.571. The van der Waals surface area contributed by atoms with Gasteiger partial charge in [-0.15, -0.1) is 0 Å². The Labute approximate surface area is 145 Å². The summed E-state index contributed by atoms with van der Waals surface area (Å²) in [5, 5.41) is 0. The monoisotopic (exact) mass is 315 g/mol. The maximum absolute atomic E-state index is 2.26. The fourth-order valence-electron chi connectivity index (χ4n) is 3.19. The van der Waals surface area contributed by atoms with E-state index in [9.17, 15) is 0 Å². The van der Waals surface area contributed by atoms with Crippen molar-refractivity contribution in [2.24, 2.45) is 0 Å². The molecule has 0 bridgehead atoms. The second kappa shape index (κ2) is 6.92. The van der Waals surface area contributed by atoms with Gasteiger partial charge in [-0.25, -0.2) is 0 Å². The van der Waals surface area contributed by atoms with Gasteiger partial charge in [-0.1, -0.05) is 66.2 Å². The molecular weight excluding hydrogens is 290 g/mol. The molecule has 0 aliphatic carbocycles. The zero-order valence-electron chi connectivity index (χ0n) is 15.0. The lowest BCUT2D eigenvalue weighted by molar-refractivity contribution is 0.960. The van der Waals surface area contributed by atoms with Crippen molar-refractivity contribution in [3.05, 3.63) is 101 Å². The predicted molar refractivity (Wildman–Crippen MR) is 104 cm³/mol. The summed E-state index contributed by atoms with van der Waals surface area (Å²) in [5.74, 6) is 0.267. The van der Waals surface area contributed by atoms with E-state index in [-0.39, 0.29) is 5.92 Å². The lowest BCUT2D eigenvalue weighted by atomic mass is 9.83. The lowest BCUT2D eigenvalue weighted by Crippen LogP contribution is -2.09. The topological polar surface area (TPSA) is 3.24 Å². The molecule has 122 valence electrons. The molecule has 3 aromatic rings. The van der Waals surface area contributed by atoms with Crippen molar-refractivity contribution in [3.63, 3.8) is 0 Å². The molecule has 1 heteroatoms. The van der Waals surface area contributed by atoms with E-state index in [0.29, 0.717) is 0 Å². The van der Waals surface area contributed by atoms with Gasteiger partial charge in [-0.2, -0.15) is 0 Å². The average Bonchev–Trinajstić information content (AvgIpc) is 2.59. The molecule has 0 aromatic heterocycles. The molecule has 0 aliphatic rings. The van der Waals surface area contributed by atoms with Crippen LogP contribution in [-0.4, -0.2) is 14.1 Å². The molecule has 1 atom stereocenters. The maximum Gasteiger partial charge on any atom is 0.0361 e. The van der Waals surface area contributed by atoms with E-state index in [1.165, 1.54) is 33.5 Å². The summed E-state index contributed by atoms with van der Waals surface area (Å²) < 4.78 is 0. The van der Waals surface area contributed by atoms with Gasteiger partial charge >= 0.3 is 0 Å². The second-order valence-electron chi connectivity index (χ2n) is 6.69. The standard InChI is InChI=1S/C23H25N/c1-17-9-11-19(12-10-17)23(22-8-6-5-7-18(22)2)20-13-15-21(16-14-20)24(3)4/h5-16,23H,1-4H3. The Bertz CT molecular complexity index is 798. The van der Waals surface area contributed by atoms with Crippen LogP contribution in [0.1, 0.15) is 33.7 Å². The largest absolute Gasteiger partial charge is 0.378 e. The third kappa shape index (κ3) is 3.35. The SMILES string of the molecule is Cc1ccc(C(c2ccc(N(C)C)cc2)c2ccccc2C)cc1. The first-order chi connectivity index (χ1) is 11.6. The number of hydrogen-bond acceptors (Lipinski definition) is 1. The summed E-state index contributed by atoms with van der Waals surface area (Å²) in [6.45, 7) is 4.34. The van der Waals surface area contributed by atoms with Crippen LogP contribution in [0.2, 0.25) is 0 Å². The van der Waals surface area contributed by atoms with Crippen LogP contribution in [-0.2, 0) is 0 Å². The molecule has 0 amide bonds. The Kier molecular flexibility index (Phi) is 4.71. The first-order valence-electron chi connectivity index (χ1n) is 8.45. The minimum atomic E-state index is 0.267. The van der Waals surface area contributed by atoms with E-state index >= 15 is 0 Å². The molecule has 24 heavy (non-hydrogen) atoms. The average molecular weight is 315 g/mol. The summed E-state index contributed by atoms with van der Waals surface area (Å²) in [4.78, 5) is 2.14. The third-order valence-electron chi connectivity index (χ3n) is 4.65. The van der Waals surface area contributed by atoms with E-state index in [0.717, 1.165) is 0 Å². The number of rotatable bonds is 4. The summed E-state index contributed by atoms with van der Waals surface area (Å²) in [7, 11) is 4.15. The normalized spacial score (nSPS) is 12.0. The van der Waals surface area contributed by atoms with Gasteiger partial charge in [0.2, 0.25) is 0 Å². The highest BCUT2D eigenvalue weighted by Crippen LogP contribution is 2.34.